The SMILES string of the molecule is C=CC(=O)N1C[C@H](Nc2ncnc3[nH]cc(C4CCOCC4)c23)[C@@H](F)C1. The summed E-state index contributed by atoms with van der Waals surface area (Å²) in [5, 5.41) is 4.11. The fourth-order valence-corrected chi connectivity index (χ4v) is 3.81. The Bertz CT molecular complexity index is 817. The number of aromatic nitrogens is 3. The second kappa shape index (κ2) is 7.03. The zero-order valence-electron chi connectivity index (χ0n) is 14.4. The Morgan fingerprint density at radius 2 is 2.19 bits per heavy atom. The van der Waals surface area contributed by atoms with Crippen molar-refractivity contribution in [2.75, 3.05) is 31.6 Å². The molecule has 7 nitrogen and oxygen atoms in total. The average Bonchev–Trinajstić information content (AvgIpc) is 3.26. The van der Waals surface area contributed by atoms with Crippen LogP contribution in [-0.2, 0) is 9.53 Å². The zero-order valence-corrected chi connectivity index (χ0v) is 14.4. The van der Waals surface area contributed by atoms with Gasteiger partial charge in [-0.15, -0.1) is 0 Å². The van der Waals surface area contributed by atoms with Crippen LogP contribution in [0.2, 0.25) is 0 Å². The maximum absolute atomic E-state index is 14.4. The fraction of sp³-hybridized carbons (Fsp3) is 0.500. The lowest BCUT2D eigenvalue weighted by molar-refractivity contribution is -0.125. The van der Waals surface area contributed by atoms with Gasteiger partial charge in [-0.05, 0) is 30.4 Å². The first-order valence-corrected chi connectivity index (χ1v) is 8.89. The molecule has 2 aromatic heterocycles. The molecule has 2 fully saturated rings. The van der Waals surface area contributed by atoms with E-state index >= 15 is 0 Å². The highest BCUT2D eigenvalue weighted by Gasteiger charge is 2.35. The van der Waals surface area contributed by atoms with Crippen LogP contribution in [0, 0.1) is 0 Å². The van der Waals surface area contributed by atoms with Crippen LogP contribution in [0.5, 0.6) is 0 Å². The van der Waals surface area contributed by atoms with Crippen LogP contribution >= 0.6 is 0 Å². The number of hydrogen-bond acceptors (Lipinski definition) is 5. The number of halogens is 1. The van der Waals surface area contributed by atoms with Gasteiger partial charge in [0.1, 0.15) is 24.0 Å². The van der Waals surface area contributed by atoms with Gasteiger partial charge in [0, 0.05) is 26.0 Å². The Labute approximate surface area is 150 Å². The topological polar surface area (TPSA) is 83.1 Å². The number of aromatic amines is 1. The summed E-state index contributed by atoms with van der Waals surface area (Å²) in [5.41, 5.74) is 1.87. The number of carbonyl (C=O) groups is 1. The van der Waals surface area contributed by atoms with Crippen molar-refractivity contribution in [3.63, 3.8) is 0 Å². The first-order valence-electron chi connectivity index (χ1n) is 8.89. The molecule has 0 spiro atoms. The number of nitrogens with one attached hydrogen (secondary N) is 2. The normalized spacial score (nSPS) is 24.1. The molecule has 0 radical (unpaired) electrons. The van der Waals surface area contributed by atoms with Crippen LogP contribution in [0.25, 0.3) is 11.0 Å². The molecule has 2 aliphatic rings. The van der Waals surface area contributed by atoms with E-state index in [0.717, 1.165) is 42.7 Å². The van der Waals surface area contributed by atoms with Crippen molar-refractivity contribution in [2.45, 2.75) is 31.0 Å². The lowest BCUT2D eigenvalue weighted by atomic mass is 9.92. The van der Waals surface area contributed by atoms with Gasteiger partial charge in [0.15, 0.2) is 0 Å². The smallest absolute Gasteiger partial charge is 0.246 e. The number of ether oxygens (including phenoxy) is 1. The molecular weight excluding hydrogens is 337 g/mol. The minimum absolute atomic E-state index is 0.0662. The Balaban J connectivity index is 1.61. The van der Waals surface area contributed by atoms with Crippen LogP contribution in [0.15, 0.2) is 25.2 Å². The Hall–Kier alpha value is -2.48. The Morgan fingerprint density at radius 3 is 2.96 bits per heavy atom. The number of anilines is 1. The second-order valence-electron chi connectivity index (χ2n) is 6.79. The molecule has 2 atom stereocenters. The molecule has 4 rings (SSSR count). The molecule has 0 aromatic carbocycles. The first kappa shape index (κ1) is 17.0. The molecule has 2 aliphatic heterocycles. The summed E-state index contributed by atoms with van der Waals surface area (Å²) in [6.45, 7) is 5.30. The third-order valence-electron chi connectivity index (χ3n) is 5.22. The van der Waals surface area contributed by atoms with Gasteiger partial charge in [-0.3, -0.25) is 4.79 Å². The molecule has 0 saturated carbocycles. The van der Waals surface area contributed by atoms with E-state index in [2.05, 4.69) is 26.8 Å². The van der Waals surface area contributed by atoms with E-state index in [4.69, 9.17) is 4.74 Å². The van der Waals surface area contributed by atoms with Crippen LogP contribution in [0.1, 0.15) is 24.3 Å². The molecule has 26 heavy (non-hydrogen) atoms. The van der Waals surface area contributed by atoms with E-state index in [-0.39, 0.29) is 19.0 Å². The largest absolute Gasteiger partial charge is 0.381 e. The van der Waals surface area contributed by atoms with Gasteiger partial charge >= 0.3 is 0 Å². The summed E-state index contributed by atoms with van der Waals surface area (Å²) in [5.74, 6) is 0.722. The van der Waals surface area contributed by atoms with E-state index < -0.39 is 12.2 Å². The summed E-state index contributed by atoms with van der Waals surface area (Å²) in [6.07, 6.45) is 5.37. The van der Waals surface area contributed by atoms with Gasteiger partial charge in [0.2, 0.25) is 5.91 Å². The zero-order chi connectivity index (χ0) is 18.1. The number of carbonyl (C=O) groups excluding carboxylic acids is 1. The van der Waals surface area contributed by atoms with Crippen molar-refractivity contribution in [2.24, 2.45) is 0 Å². The minimum Gasteiger partial charge on any atom is -0.381 e. The van der Waals surface area contributed by atoms with E-state index in [0.29, 0.717) is 11.7 Å². The average molecular weight is 359 g/mol. The highest BCUT2D eigenvalue weighted by molar-refractivity contribution is 5.91. The Morgan fingerprint density at radius 1 is 1.38 bits per heavy atom. The third-order valence-corrected chi connectivity index (χ3v) is 5.22. The molecule has 2 N–H and O–H groups in total. The van der Waals surface area contributed by atoms with Crippen molar-refractivity contribution in [3.8, 4) is 0 Å². The summed E-state index contributed by atoms with van der Waals surface area (Å²) >= 11 is 0. The maximum atomic E-state index is 14.4. The van der Waals surface area contributed by atoms with Gasteiger partial charge in [-0.2, -0.15) is 0 Å². The van der Waals surface area contributed by atoms with E-state index in [1.165, 1.54) is 17.3 Å². The van der Waals surface area contributed by atoms with Crippen LogP contribution in [0.4, 0.5) is 10.2 Å². The Kier molecular flexibility index (Phi) is 4.58. The number of nitrogens with zero attached hydrogens (tertiary/aromatic N) is 3. The van der Waals surface area contributed by atoms with Gasteiger partial charge in [0.05, 0.1) is 18.0 Å². The molecule has 0 bridgehead atoms. The summed E-state index contributed by atoms with van der Waals surface area (Å²) < 4.78 is 19.9. The van der Waals surface area contributed by atoms with Gasteiger partial charge < -0.3 is 19.9 Å². The van der Waals surface area contributed by atoms with Gasteiger partial charge in [0.25, 0.3) is 0 Å². The fourth-order valence-electron chi connectivity index (χ4n) is 3.81. The number of H-pyrrole nitrogens is 1. The number of likely N-dealkylation sites (tertiary alicyclic amines) is 1. The molecule has 2 aromatic rings. The second-order valence-corrected chi connectivity index (χ2v) is 6.79. The van der Waals surface area contributed by atoms with Crippen LogP contribution in [0.3, 0.4) is 0 Å². The van der Waals surface area contributed by atoms with Gasteiger partial charge in [-0.1, -0.05) is 6.58 Å². The lowest BCUT2D eigenvalue weighted by Gasteiger charge is -2.22. The standard InChI is InChI=1S/C18H22FN5O2/c1-2-15(25)24-8-13(19)14(9-24)23-18-16-12(11-3-5-26-6-4-11)7-20-17(16)21-10-22-18/h2,7,10-11,13-14H,1,3-6,8-9H2,(H2,20,21,22,23)/t13-,14-/m0/s1. The highest BCUT2D eigenvalue weighted by Crippen LogP contribution is 2.35. The molecular formula is C18H22FN5O2. The van der Waals surface area contributed by atoms with Crippen molar-refractivity contribution in [1.29, 1.82) is 0 Å². The number of rotatable bonds is 4. The van der Waals surface area contributed by atoms with Crippen LogP contribution in [-0.4, -0.2) is 64.3 Å². The molecule has 4 heterocycles. The molecule has 2 saturated heterocycles. The van der Waals surface area contributed by atoms with Crippen LogP contribution < -0.4 is 5.32 Å². The number of amides is 1. The van der Waals surface area contributed by atoms with E-state index in [1.807, 2.05) is 6.20 Å². The summed E-state index contributed by atoms with van der Waals surface area (Å²) in [4.78, 5) is 25.1. The van der Waals surface area contributed by atoms with Gasteiger partial charge in [-0.25, -0.2) is 14.4 Å². The minimum atomic E-state index is -1.16. The molecule has 8 heteroatoms. The lowest BCUT2D eigenvalue weighted by Crippen LogP contribution is -2.31. The van der Waals surface area contributed by atoms with E-state index in [1.54, 1.807) is 0 Å². The summed E-state index contributed by atoms with van der Waals surface area (Å²) in [6, 6.07) is -0.505. The maximum Gasteiger partial charge on any atom is 0.246 e. The number of alkyl halides is 1. The quantitative estimate of drug-likeness (QED) is 0.816. The molecule has 138 valence electrons. The molecule has 1 amide bonds. The van der Waals surface area contributed by atoms with Crippen molar-refractivity contribution in [3.05, 3.63) is 30.7 Å². The van der Waals surface area contributed by atoms with Crippen molar-refractivity contribution >= 4 is 22.8 Å². The van der Waals surface area contributed by atoms with E-state index in [9.17, 15) is 9.18 Å². The number of hydrogen-bond donors (Lipinski definition) is 2. The molecule has 0 unspecified atom stereocenters. The predicted octanol–water partition coefficient (Wildman–Crippen LogP) is 2.00. The summed E-state index contributed by atoms with van der Waals surface area (Å²) in [7, 11) is 0. The van der Waals surface area contributed by atoms with Crippen molar-refractivity contribution in [1.82, 2.24) is 19.9 Å². The predicted molar refractivity (Wildman–Crippen MR) is 95.8 cm³/mol. The number of fused-ring (bicyclic) bond motifs is 1. The molecule has 0 aliphatic carbocycles. The monoisotopic (exact) mass is 359 g/mol. The third kappa shape index (κ3) is 3.05. The van der Waals surface area contributed by atoms with Crippen molar-refractivity contribution < 1.29 is 13.9 Å². The highest BCUT2D eigenvalue weighted by atomic mass is 19.1. The first-order chi connectivity index (χ1) is 12.7.